The third-order valence-electron chi connectivity index (χ3n) is 1.44. The summed E-state index contributed by atoms with van der Waals surface area (Å²) in [7, 11) is 0. The molecular formula is C10H22O2. The highest BCUT2D eigenvalue weighted by Gasteiger charge is 1.95. The molecule has 0 aromatic heterocycles. The van der Waals surface area contributed by atoms with Crippen molar-refractivity contribution in [2.75, 3.05) is 13.2 Å². The van der Waals surface area contributed by atoms with E-state index in [1.165, 1.54) is 0 Å². The lowest BCUT2D eigenvalue weighted by molar-refractivity contribution is 0.0522. The molecule has 2 heteroatoms. The van der Waals surface area contributed by atoms with Crippen molar-refractivity contribution < 1.29 is 9.47 Å². The topological polar surface area (TPSA) is 18.5 Å². The van der Waals surface area contributed by atoms with Crippen molar-refractivity contribution in [3.8, 4) is 0 Å². The van der Waals surface area contributed by atoms with Crippen LogP contribution in [0.25, 0.3) is 0 Å². The van der Waals surface area contributed by atoms with Crippen molar-refractivity contribution >= 4 is 0 Å². The van der Waals surface area contributed by atoms with E-state index in [2.05, 4.69) is 27.7 Å². The van der Waals surface area contributed by atoms with E-state index in [0.717, 1.165) is 26.1 Å². The van der Waals surface area contributed by atoms with Gasteiger partial charge in [-0.15, -0.1) is 0 Å². The summed E-state index contributed by atoms with van der Waals surface area (Å²) in [4.78, 5) is 0. The fourth-order valence-electron chi connectivity index (χ4n) is 0.842. The van der Waals surface area contributed by atoms with E-state index >= 15 is 0 Å². The van der Waals surface area contributed by atoms with Gasteiger partial charge >= 0.3 is 0 Å². The summed E-state index contributed by atoms with van der Waals surface area (Å²) in [5, 5.41) is 0. The van der Waals surface area contributed by atoms with Crippen LogP contribution in [-0.2, 0) is 9.47 Å². The molecule has 0 aliphatic rings. The van der Waals surface area contributed by atoms with Gasteiger partial charge in [-0.2, -0.15) is 0 Å². The van der Waals surface area contributed by atoms with Crippen molar-refractivity contribution in [2.45, 2.75) is 52.7 Å². The summed E-state index contributed by atoms with van der Waals surface area (Å²) >= 11 is 0. The van der Waals surface area contributed by atoms with Gasteiger partial charge < -0.3 is 9.47 Å². The molecule has 0 radical (unpaired) electrons. The van der Waals surface area contributed by atoms with Crippen molar-refractivity contribution in [1.29, 1.82) is 0 Å². The molecule has 0 amide bonds. The molecule has 0 saturated carbocycles. The van der Waals surface area contributed by atoms with Crippen molar-refractivity contribution in [3.63, 3.8) is 0 Å². The van der Waals surface area contributed by atoms with Crippen LogP contribution >= 0.6 is 0 Å². The minimum atomic E-state index is 0.357. The molecule has 0 heterocycles. The molecule has 74 valence electrons. The molecule has 2 nitrogen and oxygen atoms in total. The number of unbranched alkanes of at least 4 members (excludes halogenated alkanes) is 1. The van der Waals surface area contributed by atoms with Gasteiger partial charge in [-0.1, -0.05) is 0 Å². The first-order chi connectivity index (χ1) is 5.63. The van der Waals surface area contributed by atoms with E-state index in [0.29, 0.717) is 12.2 Å². The highest BCUT2D eigenvalue weighted by molar-refractivity contribution is 4.42. The second-order valence-electron chi connectivity index (χ2n) is 3.55. The van der Waals surface area contributed by atoms with Gasteiger partial charge in [0.05, 0.1) is 12.2 Å². The largest absolute Gasteiger partial charge is 0.379 e. The monoisotopic (exact) mass is 174 g/mol. The first kappa shape index (κ1) is 11.9. The van der Waals surface area contributed by atoms with Gasteiger partial charge in [-0.25, -0.2) is 0 Å². The zero-order valence-corrected chi connectivity index (χ0v) is 8.80. The first-order valence-electron chi connectivity index (χ1n) is 4.86. The maximum Gasteiger partial charge on any atom is 0.0518 e. The zero-order valence-electron chi connectivity index (χ0n) is 8.80. The Morgan fingerprint density at radius 3 is 1.33 bits per heavy atom. The van der Waals surface area contributed by atoms with E-state index in [9.17, 15) is 0 Å². The molecule has 0 aromatic rings. The normalized spacial score (nSPS) is 11.5. The van der Waals surface area contributed by atoms with Crippen LogP contribution in [0.5, 0.6) is 0 Å². The molecule has 0 N–H and O–H groups in total. The van der Waals surface area contributed by atoms with Gasteiger partial charge in [0.2, 0.25) is 0 Å². The van der Waals surface area contributed by atoms with E-state index in [-0.39, 0.29) is 0 Å². The van der Waals surface area contributed by atoms with E-state index in [1.807, 2.05) is 0 Å². The number of hydrogen-bond acceptors (Lipinski definition) is 2. The minimum absolute atomic E-state index is 0.357. The Bertz CT molecular complexity index is 77.8. The van der Waals surface area contributed by atoms with E-state index in [1.54, 1.807) is 0 Å². The standard InChI is InChI=1S/C10H22O2/c1-9(2)11-7-5-6-8-12-10(3)4/h9-10H,5-8H2,1-4H3. The fraction of sp³-hybridized carbons (Fsp3) is 1.00. The Morgan fingerprint density at radius 2 is 1.08 bits per heavy atom. The molecule has 0 unspecified atom stereocenters. The Balaban J connectivity index is 2.91. The smallest absolute Gasteiger partial charge is 0.0518 e. The number of hydrogen-bond donors (Lipinski definition) is 0. The zero-order chi connectivity index (χ0) is 9.40. The van der Waals surface area contributed by atoms with Crippen LogP contribution in [0.3, 0.4) is 0 Å². The maximum atomic E-state index is 5.39. The van der Waals surface area contributed by atoms with Crippen LogP contribution in [0.1, 0.15) is 40.5 Å². The maximum absolute atomic E-state index is 5.39. The van der Waals surface area contributed by atoms with Crippen LogP contribution in [0, 0.1) is 0 Å². The van der Waals surface area contributed by atoms with Gasteiger partial charge in [0.15, 0.2) is 0 Å². The Labute approximate surface area is 76.3 Å². The lowest BCUT2D eigenvalue weighted by Crippen LogP contribution is -2.07. The predicted octanol–water partition coefficient (Wildman–Crippen LogP) is 2.62. The SMILES string of the molecule is CC(C)OCCCCOC(C)C. The molecule has 0 aliphatic carbocycles. The molecule has 0 fully saturated rings. The van der Waals surface area contributed by atoms with Crippen molar-refractivity contribution in [2.24, 2.45) is 0 Å². The summed E-state index contributed by atoms with van der Waals surface area (Å²) in [6.45, 7) is 9.96. The molecule has 0 aromatic carbocycles. The highest BCUT2D eigenvalue weighted by Crippen LogP contribution is 1.96. The van der Waals surface area contributed by atoms with E-state index in [4.69, 9.17) is 9.47 Å². The van der Waals surface area contributed by atoms with Gasteiger partial charge in [0, 0.05) is 13.2 Å². The lowest BCUT2D eigenvalue weighted by Gasteiger charge is -2.08. The molecule has 12 heavy (non-hydrogen) atoms. The van der Waals surface area contributed by atoms with Crippen LogP contribution < -0.4 is 0 Å². The molecule has 0 saturated heterocycles. The van der Waals surface area contributed by atoms with Crippen molar-refractivity contribution in [3.05, 3.63) is 0 Å². The Hall–Kier alpha value is -0.0800. The van der Waals surface area contributed by atoms with Gasteiger partial charge in [-0.3, -0.25) is 0 Å². The summed E-state index contributed by atoms with van der Waals surface area (Å²) in [6, 6.07) is 0. The molecule has 0 rings (SSSR count). The summed E-state index contributed by atoms with van der Waals surface area (Å²) < 4.78 is 10.8. The summed E-state index contributed by atoms with van der Waals surface area (Å²) in [5.41, 5.74) is 0. The lowest BCUT2D eigenvalue weighted by atomic mass is 10.3. The Morgan fingerprint density at radius 1 is 0.750 bits per heavy atom. The first-order valence-corrected chi connectivity index (χ1v) is 4.86. The average Bonchev–Trinajstić information content (AvgIpc) is 1.95. The number of ether oxygens (including phenoxy) is 2. The molecule has 0 spiro atoms. The average molecular weight is 174 g/mol. The van der Waals surface area contributed by atoms with Crippen LogP contribution in [0.4, 0.5) is 0 Å². The molecule has 0 bridgehead atoms. The van der Waals surface area contributed by atoms with Gasteiger partial charge in [0.1, 0.15) is 0 Å². The van der Waals surface area contributed by atoms with Gasteiger partial charge in [0.25, 0.3) is 0 Å². The third-order valence-corrected chi connectivity index (χ3v) is 1.44. The third kappa shape index (κ3) is 9.92. The summed E-state index contributed by atoms with van der Waals surface area (Å²) in [6.07, 6.45) is 2.92. The number of rotatable bonds is 7. The second-order valence-corrected chi connectivity index (χ2v) is 3.55. The van der Waals surface area contributed by atoms with Crippen LogP contribution in [-0.4, -0.2) is 25.4 Å². The predicted molar refractivity (Wildman–Crippen MR) is 51.4 cm³/mol. The second kappa shape index (κ2) is 7.56. The Kier molecular flexibility index (Phi) is 7.51. The highest BCUT2D eigenvalue weighted by atomic mass is 16.5. The van der Waals surface area contributed by atoms with Crippen LogP contribution in [0.2, 0.25) is 0 Å². The minimum Gasteiger partial charge on any atom is -0.379 e. The quantitative estimate of drug-likeness (QED) is 0.552. The van der Waals surface area contributed by atoms with Crippen LogP contribution in [0.15, 0.2) is 0 Å². The molecule has 0 aliphatic heterocycles. The van der Waals surface area contributed by atoms with Gasteiger partial charge in [-0.05, 0) is 40.5 Å². The fourth-order valence-corrected chi connectivity index (χ4v) is 0.842. The van der Waals surface area contributed by atoms with Crippen molar-refractivity contribution in [1.82, 2.24) is 0 Å². The van der Waals surface area contributed by atoms with E-state index < -0.39 is 0 Å². The molecular weight excluding hydrogens is 152 g/mol. The molecule has 0 atom stereocenters. The summed E-state index contributed by atoms with van der Waals surface area (Å²) in [5.74, 6) is 0.